The van der Waals surface area contributed by atoms with Gasteiger partial charge in [0, 0.05) is 0 Å². The standard InChI is InChI=1S/C20H20N2O3S/c1-3-24-16-9-5-14(6-10-16)13-18-19(23)22-20(26-18)21-15-7-11-17(12-8-15)25-4-2/h5-13H,3-4H2,1-2H3,(H,21,22,23). The summed E-state index contributed by atoms with van der Waals surface area (Å²) in [6, 6.07) is 15.1. The van der Waals surface area contributed by atoms with E-state index >= 15 is 0 Å². The Bertz CT molecular complexity index is 827. The van der Waals surface area contributed by atoms with Crippen molar-refractivity contribution in [1.29, 1.82) is 0 Å². The van der Waals surface area contributed by atoms with Gasteiger partial charge in [0.15, 0.2) is 5.17 Å². The Labute approximate surface area is 157 Å². The summed E-state index contributed by atoms with van der Waals surface area (Å²) in [6.45, 7) is 5.14. The maximum atomic E-state index is 12.2. The van der Waals surface area contributed by atoms with Gasteiger partial charge in [-0.15, -0.1) is 0 Å². The molecule has 1 N–H and O–H groups in total. The predicted molar refractivity (Wildman–Crippen MR) is 106 cm³/mol. The SMILES string of the molecule is CCOc1ccc(C=C2SC(=Nc3ccc(OCC)cc3)NC2=O)cc1. The van der Waals surface area contributed by atoms with E-state index in [1.54, 1.807) is 0 Å². The molecule has 0 unspecified atom stereocenters. The number of thioether (sulfide) groups is 1. The lowest BCUT2D eigenvalue weighted by Crippen LogP contribution is -2.19. The van der Waals surface area contributed by atoms with E-state index in [4.69, 9.17) is 9.47 Å². The van der Waals surface area contributed by atoms with Gasteiger partial charge < -0.3 is 14.8 Å². The second-order valence-corrected chi connectivity index (χ2v) is 6.44. The van der Waals surface area contributed by atoms with Crippen LogP contribution in [0.15, 0.2) is 58.4 Å². The van der Waals surface area contributed by atoms with Crippen molar-refractivity contribution in [3.8, 4) is 11.5 Å². The van der Waals surface area contributed by atoms with Crippen LogP contribution < -0.4 is 14.8 Å². The number of amides is 1. The molecule has 0 bridgehead atoms. The van der Waals surface area contributed by atoms with Crippen molar-refractivity contribution in [3.05, 3.63) is 59.0 Å². The molecular weight excluding hydrogens is 348 g/mol. The molecule has 3 rings (SSSR count). The summed E-state index contributed by atoms with van der Waals surface area (Å²) in [5, 5.41) is 3.36. The Morgan fingerprint density at radius 3 is 2.12 bits per heavy atom. The Kier molecular flexibility index (Phi) is 5.96. The first-order valence-corrected chi connectivity index (χ1v) is 9.25. The topological polar surface area (TPSA) is 59.9 Å². The highest BCUT2D eigenvalue weighted by Gasteiger charge is 2.23. The molecular formula is C20H20N2O3S. The summed E-state index contributed by atoms with van der Waals surface area (Å²) in [6.07, 6.45) is 1.84. The lowest BCUT2D eigenvalue weighted by atomic mass is 10.2. The second-order valence-electron chi connectivity index (χ2n) is 5.41. The number of carbonyl (C=O) groups is 1. The van der Waals surface area contributed by atoms with E-state index < -0.39 is 0 Å². The molecule has 1 aliphatic rings. The summed E-state index contributed by atoms with van der Waals surface area (Å²) >= 11 is 1.33. The fraction of sp³-hybridized carbons (Fsp3) is 0.200. The monoisotopic (exact) mass is 368 g/mol. The first-order valence-electron chi connectivity index (χ1n) is 8.43. The normalized spacial score (nSPS) is 16.8. The Morgan fingerprint density at radius 2 is 1.54 bits per heavy atom. The highest BCUT2D eigenvalue weighted by molar-refractivity contribution is 8.18. The van der Waals surface area contributed by atoms with Gasteiger partial charge in [0.05, 0.1) is 23.8 Å². The van der Waals surface area contributed by atoms with E-state index in [1.165, 1.54) is 11.8 Å². The third kappa shape index (κ3) is 4.67. The average Bonchev–Trinajstić information content (AvgIpc) is 2.98. The van der Waals surface area contributed by atoms with Gasteiger partial charge in [0.2, 0.25) is 0 Å². The van der Waals surface area contributed by atoms with Gasteiger partial charge in [-0.3, -0.25) is 4.79 Å². The van der Waals surface area contributed by atoms with Crippen LogP contribution in [-0.2, 0) is 4.79 Å². The molecule has 1 fully saturated rings. The number of amidine groups is 1. The van der Waals surface area contributed by atoms with Gasteiger partial charge in [-0.1, -0.05) is 12.1 Å². The molecule has 0 radical (unpaired) electrons. The quantitative estimate of drug-likeness (QED) is 0.769. The van der Waals surface area contributed by atoms with Gasteiger partial charge in [0.25, 0.3) is 5.91 Å². The number of nitrogens with one attached hydrogen (secondary N) is 1. The van der Waals surface area contributed by atoms with E-state index in [9.17, 15) is 4.79 Å². The van der Waals surface area contributed by atoms with E-state index in [2.05, 4.69) is 10.3 Å². The molecule has 2 aromatic rings. The van der Waals surface area contributed by atoms with Crippen molar-refractivity contribution < 1.29 is 14.3 Å². The molecule has 1 saturated heterocycles. The number of carbonyl (C=O) groups excluding carboxylic acids is 1. The van der Waals surface area contributed by atoms with Crippen LogP contribution in [0.1, 0.15) is 19.4 Å². The van der Waals surface area contributed by atoms with E-state index in [0.29, 0.717) is 23.3 Å². The molecule has 1 amide bonds. The number of aliphatic imine (C=N–C) groups is 1. The molecule has 0 aliphatic carbocycles. The molecule has 0 atom stereocenters. The Morgan fingerprint density at radius 1 is 0.962 bits per heavy atom. The lowest BCUT2D eigenvalue weighted by molar-refractivity contribution is -0.115. The molecule has 5 nitrogen and oxygen atoms in total. The number of benzene rings is 2. The minimum atomic E-state index is -0.145. The van der Waals surface area contributed by atoms with Gasteiger partial charge in [0.1, 0.15) is 11.5 Å². The third-order valence-corrected chi connectivity index (χ3v) is 4.43. The molecule has 26 heavy (non-hydrogen) atoms. The summed E-state index contributed by atoms with van der Waals surface area (Å²) < 4.78 is 10.8. The van der Waals surface area contributed by atoms with Gasteiger partial charge in [-0.25, -0.2) is 4.99 Å². The minimum absolute atomic E-state index is 0.145. The Balaban J connectivity index is 1.71. The van der Waals surface area contributed by atoms with Gasteiger partial charge in [-0.2, -0.15) is 0 Å². The lowest BCUT2D eigenvalue weighted by Gasteiger charge is -2.02. The third-order valence-electron chi connectivity index (χ3n) is 3.52. The number of hydrogen-bond acceptors (Lipinski definition) is 5. The number of rotatable bonds is 6. The fourth-order valence-corrected chi connectivity index (χ4v) is 3.20. The van der Waals surface area contributed by atoms with Gasteiger partial charge >= 0.3 is 0 Å². The van der Waals surface area contributed by atoms with E-state index in [1.807, 2.05) is 68.5 Å². The maximum absolute atomic E-state index is 12.2. The zero-order chi connectivity index (χ0) is 18.4. The summed E-state index contributed by atoms with van der Waals surface area (Å²) in [5.41, 5.74) is 1.70. The molecule has 0 saturated carbocycles. The number of nitrogens with zero attached hydrogens (tertiary/aromatic N) is 1. The molecule has 6 heteroatoms. The number of ether oxygens (including phenoxy) is 2. The molecule has 0 spiro atoms. The van der Waals surface area contributed by atoms with E-state index in [-0.39, 0.29) is 5.91 Å². The van der Waals surface area contributed by atoms with Crippen LogP contribution in [0.3, 0.4) is 0 Å². The van der Waals surface area contributed by atoms with Crippen molar-refractivity contribution in [2.45, 2.75) is 13.8 Å². The first kappa shape index (κ1) is 18.1. The van der Waals surface area contributed by atoms with Gasteiger partial charge in [-0.05, 0) is 73.6 Å². The highest BCUT2D eigenvalue weighted by Crippen LogP contribution is 2.29. The fourth-order valence-electron chi connectivity index (χ4n) is 2.36. The van der Waals surface area contributed by atoms with Crippen LogP contribution in [0, 0.1) is 0 Å². The maximum Gasteiger partial charge on any atom is 0.264 e. The molecule has 134 valence electrons. The summed E-state index contributed by atoms with van der Waals surface area (Å²) in [5.74, 6) is 1.47. The second kappa shape index (κ2) is 8.58. The largest absolute Gasteiger partial charge is 0.494 e. The molecule has 0 aromatic heterocycles. The number of hydrogen-bond donors (Lipinski definition) is 1. The minimum Gasteiger partial charge on any atom is -0.494 e. The summed E-state index contributed by atoms with van der Waals surface area (Å²) in [4.78, 5) is 17.2. The van der Waals surface area contributed by atoms with Crippen LogP contribution in [0.5, 0.6) is 11.5 Å². The smallest absolute Gasteiger partial charge is 0.264 e. The average molecular weight is 368 g/mol. The zero-order valence-electron chi connectivity index (χ0n) is 14.7. The summed E-state index contributed by atoms with van der Waals surface area (Å²) in [7, 11) is 0. The molecule has 1 heterocycles. The zero-order valence-corrected chi connectivity index (χ0v) is 15.5. The highest BCUT2D eigenvalue weighted by atomic mass is 32.2. The van der Waals surface area contributed by atoms with Crippen LogP contribution in [-0.4, -0.2) is 24.3 Å². The van der Waals surface area contributed by atoms with Crippen LogP contribution in [0.2, 0.25) is 0 Å². The molecule has 2 aromatic carbocycles. The van der Waals surface area contributed by atoms with Crippen LogP contribution in [0.25, 0.3) is 6.08 Å². The van der Waals surface area contributed by atoms with E-state index in [0.717, 1.165) is 22.7 Å². The molecule has 1 aliphatic heterocycles. The van der Waals surface area contributed by atoms with Crippen LogP contribution >= 0.6 is 11.8 Å². The van der Waals surface area contributed by atoms with Crippen molar-refractivity contribution in [1.82, 2.24) is 5.32 Å². The first-order chi connectivity index (χ1) is 12.7. The van der Waals surface area contributed by atoms with Crippen molar-refractivity contribution in [3.63, 3.8) is 0 Å². The predicted octanol–water partition coefficient (Wildman–Crippen LogP) is 4.38. The van der Waals surface area contributed by atoms with Crippen molar-refractivity contribution in [2.75, 3.05) is 13.2 Å². The van der Waals surface area contributed by atoms with Crippen LogP contribution in [0.4, 0.5) is 5.69 Å². The van der Waals surface area contributed by atoms with Crippen molar-refractivity contribution in [2.24, 2.45) is 4.99 Å². The van der Waals surface area contributed by atoms with Crippen molar-refractivity contribution >= 4 is 34.6 Å². The Hall–Kier alpha value is -2.73.